The van der Waals surface area contributed by atoms with E-state index in [9.17, 15) is 4.39 Å². The van der Waals surface area contributed by atoms with Gasteiger partial charge in [-0.25, -0.2) is 4.39 Å². The minimum absolute atomic E-state index is 0.180. The average molecular weight is 307 g/mol. The average Bonchev–Trinajstić information content (AvgIpc) is 2.89. The normalized spacial score (nSPS) is 12.8. The van der Waals surface area contributed by atoms with Crippen molar-refractivity contribution < 1.29 is 8.81 Å². The molecule has 4 heteroatoms. The first-order chi connectivity index (χ1) is 10.1. The lowest BCUT2D eigenvalue weighted by molar-refractivity contribution is 0.379. The quantitative estimate of drug-likeness (QED) is 0.797. The molecule has 0 bridgehead atoms. The molecule has 0 spiro atoms. The largest absolute Gasteiger partial charge is 0.464 e. The summed E-state index contributed by atoms with van der Waals surface area (Å²) < 4.78 is 18.8. The molecule has 1 heterocycles. The summed E-state index contributed by atoms with van der Waals surface area (Å²) in [6.45, 7) is 4.99. The van der Waals surface area contributed by atoms with Crippen LogP contribution in [0.4, 0.5) is 4.39 Å². The van der Waals surface area contributed by atoms with Crippen LogP contribution in [0.1, 0.15) is 37.0 Å². The summed E-state index contributed by atoms with van der Waals surface area (Å²) in [5.74, 6) is 3.05. The summed E-state index contributed by atoms with van der Waals surface area (Å²) in [7, 11) is 0. The second-order valence-electron chi connectivity index (χ2n) is 5.46. The van der Waals surface area contributed by atoms with E-state index in [-0.39, 0.29) is 11.9 Å². The first-order valence-corrected chi connectivity index (χ1v) is 8.55. The van der Waals surface area contributed by atoms with Crippen LogP contribution in [0, 0.1) is 11.7 Å². The SMILES string of the molecule is CSCc1ccc(CNC(c2ccc(F)cc2)C(C)C)o1. The summed E-state index contributed by atoms with van der Waals surface area (Å²) in [5, 5.41) is 3.50. The minimum atomic E-state index is -0.200. The van der Waals surface area contributed by atoms with Crippen molar-refractivity contribution in [2.24, 2.45) is 5.92 Å². The Hall–Kier alpha value is -1.26. The molecule has 0 saturated heterocycles. The van der Waals surface area contributed by atoms with Crippen molar-refractivity contribution in [2.45, 2.75) is 32.2 Å². The molecule has 1 atom stereocenters. The molecule has 0 amide bonds. The van der Waals surface area contributed by atoms with Crippen LogP contribution in [0.15, 0.2) is 40.8 Å². The van der Waals surface area contributed by atoms with E-state index < -0.39 is 0 Å². The van der Waals surface area contributed by atoms with E-state index >= 15 is 0 Å². The second-order valence-corrected chi connectivity index (χ2v) is 6.32. The molecule has 0 radical (unpaired) electrons. The lowest BCUT2D eigenvalue weighted by atomic mass is 9.96. The van der Waals surface area contributed by atoms with Crippen LogP contribution < -0.4 is 5.32 Å². The molecule has 1 N–H and O–H groups in total. The van der Waals surface area contributed by atoms with E-state index in [0.29, 0.717) is 12.5 Å². The Morgan fingerprint density at radius 3 is 2.38 bits per heavy atom. The van der Waals surface area contributed by atoms with Crippen molar-refractivity contribution in [2.75, 3.05) is 6.26 Å². The van der Waals surface area contributed by atoms with Gasteiger partial charge in [-0.2, -0.15) is 11.8 Å². The molecule has 2 nitrogen and oxygen atoms in total. The topological polar surface area (TPSA) is 25.2 Å². The summed E-state index contributed by atoms with van der Waals surface area (Å²) in [6.07, 6.45) is 2.06. The number of rotatable bonds is 7. The lowest BCUT2D eigenvalue weighted by Crippen LogP contribution is -2.25. The zero-order valence-corrected chi connectivity index (χ0v) is 13.5. The van der Waals surface area contributed by atoms with Crippen LogP contribution in [-0.2, 0) is 12.3 Å². The Kier molecular flexibility index (Phi) is 5.88. The van der Waals surface area contributed by atoms with E-state index in [1.54, 1.807) is 11.8 Å². The summed E-state index contributed by atoms with van der Waals surface area (Å²) in [6, 6.07) is 10.9. The lowest BCUT2D eigenvalue weighted by Gasteiger charge is -2.22. The van der Waals surface area contributed by atoms with Gasteiger partial charge in [-0.3, -0.25) is 0 Å². The Labute approximate surface area is 130 Å². The monoisotopic (exact) mass is 307 g/mol. The van der Waals surface area contributed by atoms with E-state index in [1.807, 2.05) is 24.3 Å². The van der Waals surface area contributed by atoms with Crippen LogP contribution in [-0.4, -0.2) is 6.26 Å². The molecular weight excluding hydrogens is 285 g/mol. The Balaban J connectivity index is 2.01. The molecule has 2 rings (SSSR count). The number of furan rings is 1. The fourth-order valence-electron chi connectivity index (χ4n) is 2.36. The van der Waals surface area contributed by atoms with Gasteiger partial charge in [0.2, 0.25) is 0 Å². The summed E-state index contributed by atoms with van der Waals surface area (Å²) >= 11 is 1.75. The molecule has 1 aromatic heterocycles. The third kappa shape index (κ3) is 4.61. The highest BCUT2D eigenvalue weighted by Gasteiger charge is 2.16. The van der Waals surface area contributed by atoms with Crippen molar-refractivity contribution in [1.82, 2.24) is 5.32 Å². The molecule has 0 saturated carbocycles. The molecule has 0 aliphatic carbocycles. The highest BCUT2D eigenvalue weighted by atomic mass is 32.2. The van der Waals surface area contributed by atoms with Crippen LogP contribution in [0.25, 0.3) is 0 Å². The third-order valence-corrected chi connectivity index (χ3v) is 3.97. The van der Waals surface area contributed by atoms with Crippen LogP contribution >= 0.6 is 11.8 Å². The smallest absolute Gasteiger partial charge is 0.123 e. The molecule has 1 unspecified atom stereocenters. The van der Waals surface area contributed by atoms with Crippen molar-refractivity contribution in [3.8, 4) is 0 Å². The maximum atomic E-state index is 13.0. The van der Waals surface area contributed by atoms with Crippen LogP contribution in [0.5, 0.6) is 0 Å². The molecule has 0 aliphatic heterocycles. The van der Waals surface area contributed by atoms with Gasteiger partial charge in [-0.05, 0) is 42.0 Å². The standard InChI is InChI=1S/C17H22FNOS/c1-12(2)17(13-4-6-14(18)7-5-13)19-10-15-8-9-16(20-15)11-21-3/h4-9,12,17,19H,10-11H2,1-3H3. The van der Waals surface area contributed by atoms with Gasteiger partial charge in [0.05, 0.1) is 12.3 Å². The maximum absolute atomic E-state index is 13.0. The molecule has 2 aromatic rings. The van der Waals surface area contributed by atoms with Crippen molar-refractivity contribution in [3.63, 3.8) is 0 Å². The van der Waals surface area contributed by atoms with Gasteiger partial charge in [0, 0.05) is 6.04 Å². The van der Waals surface area contributed by atoms with Gasteiger partial charge in [-0.15, -0.1) is 0 Å². The Bertz CT molecular complexity index is 550. The predicted octanol–water partition coefficient (Wildman–Crippen LogP) is 4.77. The van der Waals surface area contributed by atoms with E-state index in [4.69, 9.17) is 4.42 Å². The highest BCUT2D eigenvalue weighted by molar-refractivity contribution is 7.97. The number of nitrogens with one attached hydrogen (secondary N) is 1. The third-order valence-electron chi connectivity index (χ3n) is 3.40. The molecule has 21 heavy (non-hydrogen) atoms. The number of hydrogen-bond acceptors (Lipinski definition) is 3. The first-order valence-electron chi connectivity index (χ1n) is 7.15. The van der Waals surface area contributed by atoms with Gasteiger partial charge in [0.1, 0.15) is 17.3 Å². The zero-order valence-electron chi connectivity index (χ0n) is 12.7. The fraction of sp³-hybridized carbons (Fsp3) is 0.412. The van der Waals surface area contributed by atoms with Gasteiger partial charge in [-0.1, -0.05) is 26.0 Å². The van der Waals surface area contributed by atoms with Crippen molar-refractivity contribution >= 4 is 11.8 Å². The minimum Gasteiger partial charge on any atom is -0.464 e. The summed E-state index contributed by atoms with van der Waals surface area (Å²) in [4.78, 5) is 0. The molecule has 1 aromatic carbocycles. The van der Waals surface area contributed by atoms with E-state index in [0.717, 1.165) is 22.8 Å². The van der Waals surface area contributed by atoms with Crippen molar-refractivity contribution in [3.05, 3.63) is 59.3 Å². The number of halogens is 1. The Morgan fingerprint density at radius 1 is 1.10 bits per heavy atom. The van der Waals surface area contributed by atoms with E-state index in [2.05, 4.69) is 25.4 Å². The number of thioether (sulfide) groups is 1. The van der Waals surface area contributed by atoms with Gasteiger partial charge < -0.3 is 9.73 Å². The fourth-order valence-corrected chi connectivity index (χ4v) is 2.80. The highest BCUT2D eigenvalue weighted by Crippen LogP contribution is 2.23. The van der Waals surface area contributed by atoms with Crippen molar-refractivity contribution in [1.29, 1.82) is 0 Å². The maximum Gasteiger partial charge on any atom is 0.123 e. The summed E-state index contributed by atoms with van der Waals surface area (Å²) in [5.41, 5.74) is 1.10. The van der Waals surface area contributed by atoms with Gasteiger partial charge in [0.25, 0.3) is 0 Å². The zero-order chi connectivity index (χ0) is 15.2. The number of benzene rings is 1. The van der Waals surface area contributed by atoms with Crippen LogP contribution in [0.3, 0.4) is 0 Å². The van der Waals surface area contributed by atoms with Gasteiger partial charge in [0.15, 0.2) is 0 Å². The van der Waals surface area contributed by atoms with Gasteiger partial charge >= 0.3 is 0 Å². The predicted molar refractivity (Wildman–Crippen MR) is 86.7 cm³/mol. The molecule has 0 aliphatic rings. The number of hydrogen-bond donors (Lipinski definition) is 1. The van der Waals surface area contributed by atoms with Crippen LogP contribution in [0.2, 0.25) is 0 Å². The van der Waals surface area contributed by atoms with E-state index in [1.165, 1.54) is 12.1 Å². The first kappa shape index (κ1) is 16.1. The molecule has 0 fully saturated rings. The Morgan fingerprint density at radius 2 is 1.76 bits per heavy atom. The molecular formula is C17H22FNOS. The second kappa shape index (κ2) is 7.66. The molecule has 114 valence electrons.